The number of fused-ring (bicyclic) bond motifs is 1. The highest BCUT2D eigenvalue weighted by Gasteiger charge is 2.23. The average Bonchev–Trinajstić information content (AvgIpc) is 2.92. The van der Waals surface area contributed by atoms with Crippen LogP contribution in [0.25, 0.3) is 0 Å². The molecule has 36 heavy (non-hydrogen) atoms. The van der Waals surface area contributed by atoms with Crippen molar-refractivity contribution >= 4 is 35.7 Å². The Bertz CT molecular complexity index is 1010. The van der Waals surface area contributed by atoms with Crippen LogP contribution in [0.4, 0.5) is 11.5 Å². The number of amides is 2. The van der Waals surface area contributed by atoms with Gasteiger partial charge in [-0.15, -0.1) is 12.4 Å². The summed E-state index contributed by atoms with van der Waals surface area (Å²) in [7, 11) is 0. The lowest BCUT2D eigenvalue weighted by Crippen LogP contribution is -2.39. The number of pyridine rings is 1. The highest BCUT2D eigenvalue weighted by Crippen LogP contribution is 2.23. The van der Waals surface area contributed by atoms with Gasteiger partial charge in [0.1, 0.15) is 5.82 Å². The second-order valence-electron chi connectivity index (χ2n) is 9.60. The molecule has 1 aromatic heterocycles. The largest absolute Gasteiger partial charge is 0.378 e. The van der Waals surface area contributed by atoms with Crippen LogP contribution >= 0.6 is 12.4 Å². The number of halogens is 1. The zero-order chi connectivity index (χ0) is 24.6. The zero-order valence-electron chi connectivity index (χ0n) is 21.3. The molecule has 1 N–H and O–H groups in total. The van der Waals surface area contributed by atoms with Crippen molar-refractivity contribution in [2.24, 2.45) is 5.92 Å². The number of nitrogens with one attached hydrogen (secondary N) is 1. The average molecular weight is 516 g/mol. The highest BCUT2D eigenvalue weighted by molar-refractivity contribution is 5.95. The van der Waals surface area contributed by atoms with Crippen LogP contribution in [0.1, 0.15) is 42.6 Å². The molecule has 9 heteroatoms. The standard InChI is InChI=1S/C27H37N5O3.ClH/c1-21(2)18-26(33)32-12-5-11-31(13-10-28-20-23-6-3-4-7-24(23)32)27(34)22-8-9-29-25(19-22)30-14-16-35-17-15-30;/h3-4,6-9,19,21,28H,5,10-18,20H2,1-2H3;1H. The van der Waals surface area contributed by atoms with Gasteiger partial charge in [0.25, 0.3) is 5.91 Å². The number of benzene rings is 1. The van der Waals surface area contributed by atoms with Gasteiger partial charge in [-0.3, -0.25) is 9.59 Å². The van der Waals surface area contributed by atoms with Crippen molar-refractivity contribution in [3.63, 3.8) is 0 Å². The lowest BCUT2D eigenvalue weighted by molar-refractivity contribution is -0.119. The third kappa shape index (κ3) is 7.18. The first-order valence-electron chi connectivity index (χ1n) is 12.7. The third-order valence-corrected chi connectivity index (χ3v) is 6.46. The molecule has 0 unspecified atom stereocenters. The summed E-state index contributed by atoms with van der Waals surface area (Å²) < 4.78 is 5.44. The molecule has 0 radical (unpaired) electrons. The summed E-state index contributed by atoms with van der Waals surface area (Å²) in [5.41, 5.74) is 2.72. The van der Waals surface area contributed by atoms with E-state index in [9.17, 15) is 9.59 Å². The van der Waals surface area contributed by atoms with Crippen molar-refractivity contribution in [2.75, 3.05) is 62.3 Å². The van der Waals surface area contributed by atoms with Crippen molar-refractivity contribution in [3.05, 3.63) is 53.7 Å². The fourth-order valence-corrected chi connectivity index (χ4v) is 4.63. The SMILES string of the molecule is CC(C)CC(=O)N1CCCN(C(=O)c2ccnc(N3CCOCC3)c2)CCNCc2ccccc21.Cl. The predicted octanol–water partition coefficient (Wildman–Crippen LogP) is 3.35. The minimum absolute atomic E-state index is 0. The van der Waals surface area contributed by atoms with E-state index in [1.165, 1.54) is 0 Å². The molecule has 0 spiro atoms. The van der Waals surface area contributed by atoms with Gasteiger partial charge in [0.05, 0.1) is 13.2 Å². The van der Waals surface area contributed by atoms with Crippen LogP contribution < -0.4 is 15.1 Å². The van der Waals surface area contributed by atoms with E-state index in [0.29, 0.717) is 64.3 Å². The number of rotatable bonds is 4. The van der Waals surface area contributed by atoms with E-state index in [0.717, 1.165) is 30.2 Å². The van der Waals surface area contributed by atoms with Crippen molar-refractivity contribution in [1.29, 1.82) is 0 Å². The molecule has 2 aliphatic rings. The molecule has 0 aliphatic carbocycles. The molecule has 8 nitrogen and oxygen atoms in total. The summed E-state index contributed by atoms with van der Waals surface area (Å²) in [4.78, 5) is 37.1. The monoisotopic (exact) mass is 515 g/mol. The molecule has 1 aromatic carbocycles. The van der Waals surface area contributed by atoms with E-state index >= 15 is 0 Å². The molecule has 4 rings (SSSR count). The number of carbonyl (C=O) groups is 2. The van der Waals surface area contributed by atoms with Crippen LogP contribution in [-0.2, 0) is 16.1 Å². The Morgan fingerprint density at radius 3 is 2.61 bits per heavy atom. The van der Waals surface area contributed by atoms with Crippen LogP contribution in [-0.4, -0.2) is 74.2 Å². The van der Waals surface area contributed by atoms with Gasteiger partial charge in [-0.2, -0.15) is 0 Å². The molecule has 2 aromatic rings. The fraction of sp³-hybridized carbons (Fsp3) is 0.519. The molecule has 2 aliphatic heterocycles. The lowest BCUT2D eigenvalue weighted by Gasteiger charge is -2.29. The number of anilines is 2. The first-order valence-corrected chi connectivity index (χ1v) is 12.7. The minimum atomic E-state index is 0. The van der Waals surface area contributed by atoms with Gasteiger partial charge in [0, 0.05) is 69.7 Å². The molecule has 3 heterocycles. The molecule has 2 amide bonds. The molecular formula is C27H38ClN5O3. The fourth-order valence-electron chi connectivity index (χ4n) is 4.63. The first-order chi connectivity index (χ1) is 17.0. The Labute approximate surface area is 220 Å². The Morgan fingerprint density at radius 1 is 1.06 bits per heavy atom. The topological polar surface area (TPSA) is 78.0 Å². The molecule has 1 fully saturated rings. The van der Waals surface area contributed by atoms with Crippen LogP contribution in [0, 0.1) is 5.92 Å². The second kappa shape index (κ2) is 13.6. The molecule has 0 bridgehead atoms. The Morgan fingerprint density at radius 2 is 1.83 bits per heavy atom. The van der Waals surface area contributed by atoms with Gasteiger partial charge < -0.3 is 24.8 Å². The van der Waals surface area contributed by atoms with E-state index < -0.39 is 0 Å². The smallest absolute Gasteiger partial charge is 0.254 e. The van der Waals surface area contributed by atoms with Gasteiger partial charge in [-0.25, -0.2) is 4.98 Å². The number of ether oxygens (including phenoxy) is 1. The van der Waals surface area contributed by atoms with Crippen LogP contribution in [0.5, 0.6) is 0 Å². The minimum Gasteiger partial charge on any atom is -0.378 e. The van der Waals surface area contributed by atoms with E-state index in [1.807, 2.05) is 34.1 Å². The second-order valence-corrected chi connectivity index (χ2v) is 9.60. The Balaban J connectivity index is 0.00000361. The number of hydrogen-bond acceptors (Lipinski definition) is 6. The van der Waals surface area contributed by atoms with E-state index in [4.69, 9.17) is 4.74 Å². The van der Waals surface area contributed by atoms with Crippen molar-refractivity contribution in [3.8, 4) is 0 Å². The lowest BCUT2D eigenvalue weighted by atomic mass is 10.1. The summed E-state index contributed by atoms with van der Waals surface area (Å²) in [6.07, 6.45) is 2.93. The summed E-state index contributed by atoms with van der Waals surface area (Å²) in [6, 6.07) is 11.8. The molecule has 196 valence electrons. The quantitative estimate of drug-likeness (QED) is 0.673. The Hall–Kier alpha value is -2.68. The molecule has 0 atom stereocenters. The molecule has 0 saturated carbocycles. The molecular weight excluding hydrogens is 478 g/mol. The molecule has 1 saturated heterocycles. The third-order valence-electron chi connectivity index (χ3n) is 6.46. The van der Waals surface area contributed by atoms with Crippen LogP contribution in [0.2, 0.25) is 0 Å². The van der Waals surface area contributed by atoms with Crippen LogP contribution in [0.15, 0.2) is 42.6 Å². The van der Waals surface area contributed by atoms with E-state index in [-0.39, 0.29) is 30.1 Å². The van der Waals surface area contributed by atoms with Gasteiger partial charge in [-0.1, -0.05) is 32.0 Å². The first kappa shape index (κ1) is 27.9. The van der Waals surface area contributed by atoms with E-state index in [1.54, 1.807) is 12.3 Å². The maximum Gasteiger partial charge on any atom is 0.254 e. The predicted molar refractivity (Wildman–Crippen MR) is 145 cm³/mol. The van der Waals surface area contributed by atoms with Gasteiger partial charge in [-0.05, 0) is 36.1 Å². The van der Waals surface area contributed by atoms with Gasteiger partial charge in [0.2, 0.25) is 5.91 Å². The van der Waals surface area contributed by atoms with Gasteiger partial charge >= 0.3 is 0 Å². The number of para-hydroxylation sites is 1. The van der Waals surface area contributed by atoms with Crippen LogP contribution in [0.3, 0.4) is 0 Å². The van der Waals surface area contributed by atoms with Crippen molar-refractivity contribution in [1.82, 2.24) is 15.2 Å². The maximum absolute atomic E-state index is 13.5. The van der Waals surface area contributed by atoms with Crippen molar-refractivity contribution < 1.29 is 14.3 Å². The summed E-state index contributed by atoms with van der Waals surface area (Å²) in [5, 5.41) is 3.47. The number of nitrogens with zero attached hydrogens (tertiary/aromatic N) is 4. The summed E-state index contributed by atoms with van der Waals surface area (Å²) in [5.74, 6) is 1.24. The number of aromatic nitrogens is 1. The highest BCUT2D eigenvalue weighted by atomic mass is 35.5. The normalized spacial score (nSPS) is 17.1. The van der Waals surface area contributed by atoms with Gasteiger partial charge in [0.15, 0.2) is 0 Å². The zero-order valence-corrected chi connectivity index (χ0v) is 22.1. The number of carbonyl (C=O) groups excluding carboxylic acids is 2. The van der Waals surface area contributed by atoms with E-state index in [2.05, 4.69) is 35.1 Å². The summed E-state index contributed by atoms with van der Waals surface area (Å²) in [6.45, 7) is 10.1. The number of hydrogen-bond donors (Lipinski definition) is 1. The summed E-state index contributed by atoms with van der Waals surface area (Å²) >= 11 is 0. The number of morpholine rings is 1. The maximum atomic E-state index is 13.5. The Kier molecular flexibility index (Phi) is 10.5. The van der Waals surface area contributed by atoms with Crippen molar-refractivity contribution in [2.45, 2.75) is 33.2 Å².